The lowest BCUT2D eigenvalue weighted by molar-refractivity contribution is 0.0937. The second-order valence-corrected chi connectivity index (χ2v) is 10.1. The number of H-pyrrole nitrogens is 1. The van der Waals surface area contributed by atoms with Crippen molar-refractivity contribution in [1.29, 1.82) is 0 Å². The van der Waals surface area contributed by atoms with Gasteiger partial charge in [0.25, 0.3) is 5.91 Å². The van der Waals surface area contributed by atoms with Crippen molar-refractivity contribution in [3.8, 4) is 22.8 Å². The number of methoxy groups -OCH3 is 1. The number of hydrogen-bond acceptors (Lipinski definition) is 6. The Bertz CT molecular complexity index is 1380. The lowest BCUT2D eigenvalue weighted by atomic mass is 9.92. The molecule has 8 nitrogen and oxygen atoms in total. The molecule has 0 fully saturated rings. The SMILES string of the molecule is COc1c(F)cccc1Nc1c2[nH]c3c1C(=O)NCC3CCCOCC/C(C)=C(\C)CCOc1cnccc1-2. The number of hydrogen-bond donors (Lipinski definition) is 3. The number of aromatic nitrogens is 2. The molecule has 3 N–H and O–H groups in total. The largest absolute Gasteiger partial charge is 0.492 e. The van der Waals surface area contributed by atoms with E-state index >= 15 is 0 Å². The summed E-state index contributed by atoms with van der Waals surface area (Å²) < 4.78 is 32.1. The molecule has 206 valence electrons. The zero-order chi connectivity index (χ0) is 27.4. The number of carbonyl (C=O) groups is 1. The fraction of sp³-hybridized carbons (Fsp3) is 0.400. The molecule has 1 atom stereocenters. The minimum absolute atomic E-state index is 0.0655. The highest BCUT2D eigenvalue weighted by molar-refractivity contribution is 6.07. The number of rotatable bonds is 3. The Labute approximate surface area is 228 Å². The predicted molar refractivity (Wildman–Crippen MR) is 148 cm³/mol. The minimum Gasteiger partial charge on any atom is -0.492 e. The van der Waals surface area contributed by atoms with Gasteiger partial charge < -0.3 is 29.8 Å². The highest BCUT2D eigenvalue weighted by Gasteiger charge is 2.33. The van der Waals surface area contributed by atoms with E-state index in [4.69, 9.17) is 14.2 Å². The number of nitrogens with zero attached hydrogens (tertiary/aromatic N) is 1. The number of nitrogens with one attached hydrogen (secondary N) is 3. The van der Waals surface area contributed by atoms with Gasteiger partial charge in [-0.25, -0.2) is 4.39 Å². The summed E-state index contributed by atoms with van der Waals surface area (Å²) in [5, 5.41) is 6.36. The molecule has 2 aliphatic rings. The number of anilines is 2. The van der Waals surface area contributed by atoms with Gasteiger partial charge in [-0.1, -0.05) is 17.2 Å². The molecule has 1 amide bonds. The van der Waals surface area contributed by atoms with E-state index in [1.807, 2.05) is 6.07 Å². The first kappa shape index (κ1) is 26.7. The number of carbonyl (C=O) groups excluding carboxylic acids is 1. The summed E-state index contributed by atoms with van der Waals surface area (Å²) in [6, 6.07) is 6.53. The molecule has 1 aromatic carbocycles. The van der Waals surface area contributed by atoms with E-state index in [1.165, 1.54) is 24.3 Å². The molecule has 0 saturated heterocycles. The van der Waals surface area contributed by atoms with Crippen molar-refractivity contribution < 1.29 is 23.4 Å². The summed E-state index contributed by atoms with van der Waals surface area (Å²) in [6.07, 6.45) is 6.75. The molecule has 39 heavy (non-hydrogen) atoms. The highest BCUT2D eigenvalue weighted by atomic mass is 19.1. The van der Waals surface area contributed by atoms with Gasteiger partial charge in [-0.3, -0.25) is 9.78 Å². The second-order valence-electron chi connectivity index (χ2n) is 10.1. The van der Waals surface area contributed by atoms with Crippen molar-refractivity contribution in [2.45, 2.75) is 45.4 Å². The van der Waals surface area contributed by atoms with Gasteiger partial charge in [0.2, 0.25) is 0 Å². The van der Waals surface area contributed by atoms with Crippen molar-refractivity contribution >= 4 is 17.3 Å². The average molecular weight is 535 g/mol. The maximum atomic E-state index is 14.6. The van der Waals surface area contributed by atoms with Crippen LogP contribution in [0.1, 0.15) is 61.5 Å². The number of pyridine rings is 1. The molecule has 9 heteroatoms. The third kappa shape index (κ3) is 5.63. The van der Waals surface area contributed by atoms with Crippen LogP contribution < -0.4 is 20.1 Å². The van der Waals surface area contributed by atoms with E-state index in [-0.39, 0.29) is 17.6 Å². The Balaban J connectivity index is 1.63. The van der Waals surface area contributed by atoms with E-state index in [2.05, 4.69) is 34.4 Å². The topological polar surface area (TPSA) is 97.5 Å². The first-order chi connectivity index (χ1) is 19.0. The zero-order valence-corrected chi connectivity index (χ0v) is 22.7. The normalized spacial score (nSPS) is 20.3. The molecule has 5 rings (SSSR count). The molecule has 3 aromatic rings. The average Bonchev–Trinajstić information content (AvgIpc) is 3.31. The van der Waals surface area contributed by atoms with Crippen LogP contribution in [0.25, 0.3) is 11.3 Å². The molecule has 2 bridgehead atoms. The maximum absolute atomic E-state index is 14.6. The summed E-state index contributed by atoms with van der Waals surface area (Å²) in [4.78, 5) is 21.2. The number of para-hydroxylation sites is 1. The Hall–Kier alpha value is -3.85. The van der Waals surface area contributed by atoms with Crippen LogP contribution in [0.4, 0.5) is 15.8 Å². The number of benzene rings is 1. The molecule has 2 aliphatic heterocycles. The van der Waals surface area contributed by atoms with Gasteiger partial charge in [0.05, 0.1) is 49.2 Å². The first-order valence-electron chi connectivity index (χ1n) is 13.4. The Morgan fingerprint density at radius 3 is 2.77 bits per heavy atom. The van der Waals surface area contributed by atoms with E-state index in [1.54, 1.807) is 24.5 Å². The van der Waals surface area contributed by atoms with Crippen LogP contribution in [-0.4, -0.2) is 49.4 Å². The molecular weight excluding hydrogens is 499 g/mol. The summed E-state index contributed by atoms with van der Waals surface area (Å²) >= 11 is 0. The third-order valence-electron chi connectivity index (χ3n) is 7.58. The Morgan fingerprint density at radius 2 is 1.95 bits per heavy atom. The number of amides is 1. The highest BCUT2D eigenvalue weighted by Crippen LogP contribution is 2.44. The third-order valence-corrected chi connectivity index (χ3v) is 7.58. The maximum Gasteiger partial charge on any atom is 0.255 e. The summed E-state index contributed by atoms with van der Waals surface area (Å²) in [5.74, 6) is 0.0432. The van der Waals surface area contributed by atoms with Crippen LogP contribution in [-0.2, 0) is 4.74 Å². The van der Waals surface area contributed by atoms with Crippen molar-refractivity contribution in [1.82, 2.24) is 15.3 Å². The summed E-state index contributed by atoms with van der Waals surface area (Å²) in [6.45, 7) is 6.61. The van der Waals surface area contributed by atoms with Gasteiger partial charge in [-0.2, -0.15) is 0 Å². The number of ether oxygens (including phenoxy) is 3. The molecule has 0 aliphatic carbocycles. The number of halogens is 1. The van der Waals surface area contributed by atoms with Crippen LogP contribution >= 0.6 is 0 Å². The van der Waals surface area contributed by atoms with E-state index in [9.17, 15) is 9.18 Å². The molecule has 0 saturated carbocycles. The summed E-state index contributed by atoms with van der Waals surface area (Å²) in [5.41, 5.74) is 6.33. The fourth-order valence-corrected chi connectivity index (χ4v) is 5.19. The van der Waals surface area contributed by atoms with Crippen molar-refractivity contribution in [2.75, 3.05) is 38.8 Å². The molecule has 0 spiro atoms. The number of aromatic amines is 1. The molecule has 4 heterocycles. The Kier molecular flexibility index (Phi) is 8.16. The fourth-order valence-electron chi connectivity index (χ4n) is 5.19. The lowest BCUT2D eigenvalue weighted by Crippen LogP contribution is -2.35. The first-order valence-corrected chi connectivity index (χ1v) is 13.4. The van der Waals surface area contributed by atoms with Gasteiger partial charge in [0.15, 0.2) is 11.6 Å². The molecular formula is C30H35FN4O4. The van der Waals surface area contributed by atoms with Crippen molar-refractivity contribution in [3.63, 3.8) is 0 Å². The standard InChI is InChI=1S/C30H35FN4O4/c1-18-10-14-38-13-5-6-20-16-33-30(36)25-26(20)35-27(21-9-12-32-17-24(21)39-15-11-19(18)2)28(25)34-23-8-4-7-22(31)29(23)37-3/h4,7-9,12,17,20,34-35H,5-6,10-11,13-16H2,1-3H3,(H,33,36)/b19-18+. The van der Waals surface area contributed by atoms with Crippen LogP contribution in [0, 0.1) is 5.82 Å². The Morgan fingerprint density at radius 1 is 1.13 bits per heavy atom. The van der Waals surface area contributed by atoms with Crippen LogP contribution in [0.15, 0.2) is 47.8 Å². The smallest absolute Gasteiger partial charge is 0.255 e. The minimum atomic E-state index is -0.496. The van der Waals surface area contributed by atoms with Crippen LogP contribution in [0.3, 0.4) is 0 Å². The predicted octanol–water partition coefficient (Wildman–Crippen LogP) is 6.10. The van der Waals surface area contributed by atoms with Crippen LogP contribution in [0.2, 0.25) is 0 Å². The van der Waals surface area contributed by atoms with E-state index in [0.717, 1.165) is 36.9 Å². The van der Waals surface area contributed by atoms with Gasteiger partial charge in [0.1, 0.15) is 5.75 Å². The van der Waals surface area contributed by atoms with E-state index < -0.39 is 5.82 Å². The quantitative estimate of drug-likeness (QED) is 0.351. The molecule has 0 radical (unpaired) electrons. The second kappa shape index (κ2) is 11.9. The monoisotopic (exact) mass is 534 g/mol. The summed E-state index contributed by atoms with van der Waals surface area (Å²) in [7, 11) is 1.42. The van der Waals surface area contributed by atoms with Crippen molar-refractivity contribution in [3.05, 3.63) is 64.9 Å². The van der Waals surface area contributed by atoms with E-state index in [0.29, 0.717) is 54.7 Å². The molecule has 1 unspecified atom stereocenters. The molecule has 2 aromatic heterocycles. The van der Waals surface area contributed by atoms with Gasteiger partial charge in [-0.05, 0) is 51.3 Å². The van der Waals surface area contributed by atoms with Gasteiger partial charge >= 0.3 is 0 Å². The van der Waals surface area contributed by atoms with Gasteiger partial charge in [0, 0.05) is 42.9 Å². The lowest BCUT2D eigenvalue weighted by Gasteiger charge is -2.24. The zero-order valence-electron chi connectivity index (χ0n) is 22.7. The number of fused-ring (bicyclic) bond motifs is 3. The van der Waals surface area contributed by atoms with Crippen LogP contribution in [0.5, 0.6) is 11.5 Å². The van der Waals surface area contributed by atoms with Crippen molar-refractivity contribution in [2.24, 2.45) is 0 Å². The van der Waals surface area contributed by atoms with Gasteiger partial charge in [-0.15, -0.1) is 0 Å².